The van der Waals surface area contributed by atoms with Gasteiger partial charge in [0.2, 0.25) is 5.75 Å². The van der Waals surface area contributed by atoms with Crippen molar-refractivity contribution in [1.29, 1.82) is 0 Å². The quantitative estimate of drug-likeness (QED) is 0.583. The fourth-order valence-corrected chi connectivity index (χ4v) is 1.37. The lowest BCUT2D eigenvalue weighted by molar-refractivity contribution is 0.323. The van der Waals surface area contributed by atoms with Crippen LogP contribution in [0.1, 0.15) is 5.56 Å². The van der Waals surface area contributed by atoms with Crippen LogP contribution in [0.3, 0.4) is 0 Å². The first-order valence-electron chi connectivity index (χ1n) is 4.68. The highest BCUT2D eigenvalue weighted by atomic mass is 16.5. The number of methoxy groups -OCH3 is 3. The minimum absolute atomic E-state index is 0.493. The summed E-state index contributed by atoms with van der Waals surface area (Å²) < 4.78 is 15.6. The van der Waals surface area contributed by atoms with Gasteiger partial charge >= 0.3 is 0 Å². The van der Waals surface area contributed by atoms with E-state index in [9.17, 15) is 0 Å². The van der Waals surface area contributed by atoms with Crippen LogP contribution in [-0.4, -0.2) is 28.0 Å². The molecule has 0 saturated carbocycles. The topological polar surface area (TPSA) is 52.1 Å². The van der Waals surface area contributed by atoms with Gasteiger partial charge in [-0.05, 0) is 17.7 Å². The van der Waals surface area contributed by atoms with Crippen LogP contribution < -0.4 is 19.6 Å². The smallest absolute Gasteiger partial charge is 0.203 e. The zero-order valence-electron chi connectivity index (χ0n) is 9.61. The van der Waals surface area contributed by atoms with Crippen molar-refractivity contribution in [3.63, 3.8) is 0 Å². The molecule has 5 nitrogen and oxygen atoms in total. The summed E-state index contributed by atoms with van der Waals surface area (Å²) in [7, 11) is 4.71. The Bertz CT molecular complexity index is 341. The van der Waals surface area contributed by atoms with Crippen LogP contribution in [0.5, 0.6) is 17.2 Å². The van der Waals surface area contributed by atoms with Gasteiger partial charge < -0.3 is 19.6 Å². The molecule has 87 valence electrons. The zero-order chi connectivity index (χ0) is 12.0. The third kappa shape index (κ3) is 2.56. The normalized spacial score (nSPS) is 9.44. The van der Waals surface area contributed by atoms with Crippen molar-refractivity contribution in [2.24, 2.45) is 5.10 Å². The first kappa shape index (κ1) is 12.2. The Kier molecular flexibility index (Phi) is 4.44. The molecule has 0 unspecified atom stereocenters. The summed E-state index contributed by atoms with van der Waals surface area (Å²) in [5.41, 5.74) is 3.59. The molecule has 0 saturated heterocycles. The Morgan fingerprint density at radius 1 is 1.12 bits per heavy atom. The Labute approximate surface area is 95.0 Å². The summed E-state index contributed by atoms with van der Waals surface area (Å²) in [6.07, 6.45) is 0. The summed E-state index contributed by atoms with van der Waals surface area (Å²) in [5.74, 6) is 1.78. The Morgan fingerprint density at radius 2 is 1.69 bits per heavy atom. The van der Waals surface area contributed by atoms with E-state index >= 15 is 0 Å². The summed E-state index contributed by atoms with van der Waals surface area (Å²) >= 11 is 0. The van der Waals surface area contributed by atoms with Gasteiger partial charge in [-0.1, -0.05) is 0 Å². The van der Waals surface area contributed by atoms with Crippen molar-refractivity contribution >= 4 is 6.72 Å². The summed E-state index contributed by atoms with van der Waals surface area (Å²) in [4.78, 5) is 0. The summed E-state index contributed by atoms with van der Waals surface area (Å²) in [6, 6.07) is 3.67. The van der Waals surface area contributed by atoms with Crippen LogP contribution in [0, 0.1) is 0 Å². The van der Waals surface area contributed by atoms with Crippen molar-refractivity contribution in [3.8, 4) is 17.2 Å². The average molecular weight is 223 g/mol. The fourth-order valence-electron chi connectivity index (χ4n) is 1.37. The van der Waals surface area contributed by atoms with E-state index in [-0.39, 0.29) is 0 Å². The third-order valence-corrected chi connectivity index (χ3v) is 2.10. The molecule has 0 aliphatic carbocycles. The molecule has 5 heteroatoms. The average Bonchev–Trinajstić information content (AvgIpc) is 2.34. The maximum atomic E-state index is 5.20. The summed E-state index contributed by atoms with van der Waals surface area (Å²) in [6.45, 7) is 5.49. The van der Waals surface area contributed by atoms with E-state index < -0.39 is 0 Å². The molecule has 1 aromatic carbocycles. The highest BCUT2D eigenvalue weighted by Crippen LogP contribution is 2.38. The monoisotopic (exact) mass is 223 g/mol. The van der Waals surface area contributed by atoms with Gasteiger partial charge in [0.25, 0.3) is 0 Å². The number of hydrogen-bond donors (Lipinski definition) is 1. The molecule has 0 amide bonds. The van der Waals surface area contributed by atoms with Gasteiger partial charge in [0.15, 0.2) is 11.5 Å². The molecule has 16 heavy (non-hydrogen) atoms. The lowest BCUT2D eigenvalue weighted by Crippen LogP contribution is -2.05. The Morgan fingerprint density at radius 3 is 2.06 bits per heavy atom. The fraction of sp³-hybridized carbons (Fsp3) is 0.364. The predicted molar refractivity (Wildman–Crippen MR) is 61.4 cm³/mol. The highest BCUT2D eigenvalue weighted by Gasteiger charge is 2.12. The molecule has 0 spiro atoms. The molecule has 0 aromatic heterocycles. The van der Waals surface area contributed by atoms with E-state index in [1.165, 1.54) is 0 Å². The van der Waals surface area contributed by atoms with Gasteiger partial charge in [0, 0.05) is 0 Å². The van der Waals surface area contributed by atoms with Crippen LogP contribution in [0.15, 0.2) is 17.2 Å². The molecular formula is C11H15N2O3. The van der Waals surface area contributed by atoms with E-state index in [1.807, 2.05) is 12.1 Å². The van der Waals surface area contributed by atoms with Crippen LogP contribution in [0.4, 0.5) is 0 Å². The van der Waals surface area contributed by atoms with Crippen molar-refractivity contribution < 1.29 is 14.2 Å². The van der Waals surface area contributed by atoms with Crippen molar-refractivity contribution in [2.45, 2.75) is 6.54 Å². The maximum Gasteiger partial charge on any atom is 0.203 e. The molecule has 0 aliphatic heterocycles. The Balaban J connectivity index is 3.09. The van der Waals surface area contributed by atoms with Gasteiger partial charge in [-0.2, -0.15) is 5.10 Å². The first-order chi connectivity index (χ1) is 7.76. The van der Waals surface area contributed by atoms with Crippen LogP contribution in [0.25, 0.3) is 0 Å². The van der Waals surface area contributed by atoms with Crippen molar-refractivity contribution in [1.82, 2.24) is 5.43 Å². The Hall–Kier alpha value is -1.91. The van der Waals surface area contributed by atoms with E-state index in [1.54, 1.807) is 21.3 Å². The number of hydrazone groups is 1. The minimum Gasteiger partial charge on any atom is -0.493 e. The minimum atomic E-state index is 0.493. The molecular weight excluding hydrogens is 208 g/mol. The molecule has 0 atom stereocenters. The second-order valence-electron chi connectivity index (χ2n) is 3.00. The predicted octanol–water partition coefficient (Wildman–Crippen LogP) is 1.29. The number of hydrogen-bond acceptors (Lipinski definition) is 5. The van der Waals surface area contributed by atoms with Gasteiger partial charge in [-0.3, -0.25) is 0 Å². The standard InChI is InChI=1S/C11H15N2O3/c1-12-13-7-8-5-9(14-2)11(16-4)10(6-8)15-3/h1,5-6,13H,7H2,2-4H3. The van der Waals surface area contributed by atoms with Gasteiger partial charge in [-0.15, -0.1) is 0 Å². The molecule has 0 fully saturated rings. The van der Waals surface area contributed by atoms with E-state index in [0.717, 1.165) is 5.56 Å². The number of benzene rings is 1. The third-order valence-electron chi connectivity index (χ3n) is 2.10. The molecule has 1 aromatic rings. The van der Waals surface area contributed by atoms with Crippen molar-refractivity contribution in [3.05, 3.63) is 17.7 Å². The molecule has 0 heterocycles. The second-order valence-corrected chi connectivity index (χ2v) is 3.00. The largest absolute Gasteiger partial charge is 0.493 e. The zero-order valence-corrected chi connectivity index (χ0v) is 9.61. The molecule has 1 rings (SSSR count). The van der Waals surface area contributed by atoms with E-state index in [2.05, 4.69) is 10.5 Å². The van der Waals surface area contributed by atoms with E-state index in [4.69, 9.17) is 20.9 Å². The lowest BCUT2D eigenvalue weighted by Gasteiger charge is -2.13. The van der Waals surface area contributed by atoms with Gasteiger partial charge in [0.1, 0.15) is 0 Å². The van der Waals surface area contributed by atoms with Gasteiger partial charge in [0.05, 0.1) is 34.6 Å². The highest BCUT2D eigenvalue weighted by molar-refractivity contribution is 5.53. The van der Waals surface area contributed by atoms with Crippen LogP contribution in [0.2, 0.25) is 0 Å². The van der Waals surface area contributed by atoms with Crippen LogP contribution >= 0.6 is 0 Å². The van der Waals surface area contributed by atoms with Gasteiger partial charge in [-0.25, -0.2) is 0 Å². The molecule has 0 bridgehead atoms. The molecule has 1 radical (unpaired) electrons. The number of nitrogens with zero attached hydrogens (tertiary/aromatic N) is 1. The second kappa shape index (κ2) is 5.85. The lowest BCUT2D eigenvalue weighted by atomic mass is 10.2. The number of ether oxygens (including phenoxy) is 3. The molecule has 1 N–H and O–H groups in total. The van der Waals surface area contributed by atoms with Crippen molar-refractivity contribution in [2.75, 3.05) is 21.3 Å². The van der Waals surface area contributed by atoms with E-state index in [0.29, 0.717) is 23.8 Å². The number of rotatable bonds is 6. The first-order valence-corrected chi connectivity index (χ1v) is 4.68. The summed E-state index contributed by atoms with van der Waals surface area (Å²) in [5, 5.41) is 3.32. The SMILES string of the molecule is [CH]=NNCc1cc(OC)c(OC)c(OC)c1. The number of nitrogens with one attached hydrogen (secondary N) is 1. The van der Waals surface area contributed by atoms with Crippen LogP contribution in [-0.2, 0) is 6.54 Å². The maximum absolute atomic E-state index is 5.20. The molecule has 0 aliphatic rings.